The monoisotopic (exact) mass is 564 g/mol. The molecule has 44 heavy (non-hydrogen) atoms. The van der Waals surface area contributed by atoms with Gasteiger partial charge in [-0.15, -0.1) is 0 Å². The van der Waals surface area contributed by atoms with E-state index in [4.69, 9.17) is 4.42 Å². The molecule has 2 heterocycles. The molecule has 8 rings (SSSR count). The first-order chi connectivity index (χ1) is 21.8. The summed E-state index contributed by atoms with van der Waals surface area (Å²) in [5.74, 6) is 0. The number of hydrogen-bond donors (Lipinski definition) is 0. The minimum absolute atomic E-state index is 0.779. The number of furan rings is 1. The summed E-state index contributed by atoms with van der Waals surface area (Å²) >= 11 is 0. The van der Waals surface area contributed by atoms with Crippen LogP contribution in [0.3, 0.4) is 0 Å². The van der Waals surface area contributed by atoms with Gasteiger partial charge in [-0.05, 0) is 81.9 Å². The first-order valence-corrected chi connectivity index (χ1v) is 14.8. The highest BCUT2D eigenvalue weighted by molar-refractivity contribution is 6.08. The molecule has 0 saturated heterocycles. The third kappa shape index (κ3) is 4.71. The molecule has 0 aliphatic carbocycles. The van der Waals surface area contributed by atoms with Crippen LogP contribution in [0.4, 0.5) is 17.1 Å². The van der Waals surface area contributed by atoms with Gasteiger partial charge in [-0.3, -0.25) is 4.98 Å². The van der Waals surface area contributed by atoms with Gasteiger partial charge in [0.2, 0.25) is 0 Å². The van der Waals surface area contributed by atoms with Gasteiger partial charge in [-0.1, -0.05) is 115 Å². The van der Waals surface area contributed by atoms with Gasteiger partial charge in [0.1, 0.15) is 5.52 Å². The topological polar surface area (TPSA) is 29.3 Å². The fraction of sp³-hybridized carbons (Fsp3) is 0. The van der Waals surface area contributed by atoms with E-state index < -0.39 is 0 Å². The molecule has 3 nitrogen and oxygen atoms in total. The van der Waals surface area contributed by atoms with E-state index in [1.807, 2.05) is 30.5 Å². The van der Waals surface area contributed by atoms with E-state index in [9.17, 15) is 0 Å². The molecule has 0 amide bonds. The standard InChI is InChI=1S/C41H28N2O/c1-3-10-29(11-4-1)31-19-21-33(22-20-31)34-14-7-15-36(28-34)43(35-25-23-32(24-26-35)30-12-5-2-6-13-30)38-17-8-16-37-40-39(44-41(37)38)18-9-27-42-40/h1-28H. The molecule has 0 saturated carbocycles. The van der Waals surface area contributed by atoms with Crippen molar-refractivity contribution < 1.29 is 4.42 Å². The van der Waals surface area contributed by atoms with E-state index in [-0.39, 0.29) is 0 Å². The van der Waals surface area contributed by atoms with Crippen LogP contribution in [0.2, 0.25) is 0 Å². The Morgan fingerprint density at radius 1 is 0.432 bits per heavy atom. The average Bonchev–Trinajstić information content (AvgIpc) is 3.49. The summed E-state index contributed by atoms with van der Waals surface area (Å²) in [5.41, 5.74) is 12.6. The van der Waals surface area contributed by atoms with Gasteiger partial charge in [-0.2, -0.15) is 0 Å². The fourth-order valence-electron chi connectivity index (χ4n) is 5.95. The quantitative estimate of drug-likeness (QED) is 0.201. The Hall–Kier alpha value is -5.93. The molecule has 3 heteroatoms. The van der Waals surface area contributed by atoms with E-state index in [1.165, 1.54) is 22.3 Å². The molecule has 0 N–H and O–H groups in total. The van der Waals surface area contributed by atoms with Crippen molar-refractivity contribution in [3.63, 3.8) is 0 Å². The first-order valence-electron chi connectivity index (χ1n) is 14.8. The summed E-state index contributed by atoms with van der Waals surface area (Å²) in [6, 6.07) is 57.4. The molecular formula is C41H28N2O. The number of benzene rings is 6. The lowest BCUT2D eigenvalue weighted by Crippen LogP contribution is -2.10. The molecule has 0 aliphatic rings. The van der Waals surface area contributed by atoms with Crippen LogP contribution < -0.4 is 4.90 Å². The van der Waals surface area contributed by atoms with Gasteiger partial charge in [0.05, 0.1) is 5.69 Å². The predicted molar refractivity (Wildman–Crippen MR) is 183 cm³/mol. The van der Waals surface area contributed by atoms with Crippen molar-refractivity contribution >= 4 is 39.1 Å². The van der Waals surface area contributed by atoms with Crippen LogP contribution in [-0.4, -0.2) is 4.98 Å². The highest BCUT2D eigenvalue weighted by Crippen LogP contribution is 2.43. The Morgan fingerprint density at radius 2 is 1.00 bits per heavy atom. The molecule has 208 valence electrons. The first kappa shape index (κ1) is 25.8. The summed E-state index contributed by atoms with van der Waals surface area (Å²) in [5, 5.41) is 0.997. The van der Waals surface area contributed by atoms with Crippen LogP contribution in [0.25, 0.3) is 55.4 Å². The SMILES string of the molecule is c1ccc(-c2ccc(-c3cccc(N(c4ccc(-c5ccccc5)cc4)c4cccc5c4oc4cccnc45)c3)cc2)cc1. The number of hydrogen-bond acceptors (Lipinski definition) is 3. The third-order valence-corrected chi connectivity index (χ3v) is 8.14. The zero-order valence-electron chi connectivity index (χ0n) is 24.0. The largest absolute Gasteiger partial charge is 0.452 e. The maximum absolute atomic E-state index is 6.47. The second kappa shape index (κ2) is 11.0. The molecular weight excluding hydrogens is 536 g/mol. The zero-order chi connectivity index (χ0) is 29.3. The summed E-state index contributed by atoms with van der Waals surface area (Å²) in [6.45, 7) is 0. The van der Waals surface area contributed by atoms with Crippen LogP contribution in [0.15, 0.2) is 174 Å². The van der Waals surface area contributed by atoms with E-state index in [0.29, 0.717) is 0 Å². The summed E-state index contributed by atoms with van der Waals surface area (Å²) in [7, 11) is 0. The smallest absolute Gasteiger partial charge is 0.161 e. The highest BCUT2D eigenvalue weighted by Gasteiger charge is 2.20. The zero-order valence-corrected chi connectivity index (χ0v) is 24.0. The average molecular weight is 565 g/mol. The van der Waals surface area contributed by atoms with Crippen LogP contribution in [0.5, 0.6) is 0 Å². The molecule has 8 aromatic rings. The molecule has 0 unspecified atom stereocenters. The highest BCUT2D eigenvalue weighted by atomic mass is 16.3. The van der Waals surface area contributed by atoms with Gasteiger partial charge >= 0.3 is 0 Å². The van der Waals surface area contributed by atoms with E-state index in [0.717, 1.165) is 50.3 Å². The van der Waals surface area contributed by atoms with Crippen LogP contribution in [0, 0.1) is 0 Å². The Morgan fingerprint density at radius 3 is 1.68 bits per heavy atom. The number of aromatic nitrogens is 1. The van der Waals surface area contributed by atoms with Crippen molar-refractivity contribution in [1.82, 2.24) is 4.98 Å². The lowest BCUT2D eigenvalue weighted by Gasteiger charge is -2.26. The van der Waals surface area contributed by atoms with Crippen LogP contribution in [-0.2, 0) is 0 Å². The molecule has 0 spiro atoms. The van der Waals surface area contributed by atoms with Gasteiger partial charge in [0.15, 0.2) is 11.2 Å². The Balaban J connectivity index is 1.26. The molecule has 2 aromatic heterocycles. The normalized spacial score (nSPS) is 11.2. The summed E-state index contributed by atoms with van der Waals surface area (Å²) in [4.78, 5) is 6.91. The number of rotatable bonds is 6. The number of fused-ring (bicyclic) bond motifs is 3. The van der Waals surface area contributed by atoms with Gasteiger partial charge in [0, 0.05) is 23.0 Å². The number of pyridine rings is 1. The van der Waals surface area contributed by atoms with Gasteiger partial charge in [0.25, 0.3) is 0 Å². The Labute approximate surface area is 256 Å². The van der Waals surface area contributed by atoms with Crippen molar-refractivity contribution in [2.75, 3.05) is 4.90 Å². The lowest BCUT2D eigenvalue weighted by atomic mass is 9.99. The second-order valence-electron chi connectivity index (χ2n) is 10.8. The lowest BCUT2D eigenvalue weighted by molar-refractivity contribution is 0.668. The van der Waals surface area contributed by atoms with Crippen molar-refractivity contribution in [3.8, 4) is 33.4 Å². The van der Waals surface area contributed by atoms with Crippen LogP contribution >= 0.6 is 0 Å². The van der Waals surface area contributed by atoms with Gasteiger partial charge in [-0.25, -0.2) is 0 Å². The maximum atomic E-state index is 6.47. The number of para-hydroxylation sites is 1. The molecule has 6 aromatic carbocycles. The maximum Gasteiger partial charge on any atom is 0.161 e. The molecule has 0 aliphatic heterocycles. The molecule has 0 bridgehead atoms. The minimum atomic E-state index is 0.779. The fourth-order valence-corrected chi connectivity index (χ4v) is 5.95. The summed E-state index contributed by atoms with van der Waals surface area (Å²) in [6.07, 6.45) is 1.82. The summed E-state index contributed by atoms with van der Waals surface area (Å²) < 4.78 is 6.47. The minimum Gasteiger partial charge on any atom is -0.452 e. The van der Waals surface area contributed by atoms with E-state index >= 15 is 0 Å². The van der Waals surface area contributed by atoms with Gasteiger partial charge < -0.3 is 9.32 Å². The van der Waals surface area contributed by atoms with Crippen molar-refractivity contribution in [2.45, 2.75) is 0 Å². The molecule has 0 atom stereocenters. The second-order valence-corrected chi connectivity index (χ2v) is 10.8. The van der Waals surface area contributed by atoms with E-state index in [1.54, 1.807) is 0 Å². The molecule has 0 fully saturated rings. The van der Waals surface area contributed by atoms with Crippen molar-refractivity contribution in [2.24, 2.45) is 0 Å². The van der Waals surface area contributed by atoms with Crippen molar-refractivity contribution in [1.29, 1.82) is 0 Å². The molecule has 0 radical (unpaired) electrons. The number of nitrogens with zero attached hydrogens (tertiary/aromatic N) is 2. The van der Waals surface area contributed by atoms with Crippen molar-refractivity contribution in [3.05, 3.63) is 170 Å². The third-order valence-electron chi connectivity index (χ3n) is 8.14. The number of anilines is 3. The Kier molecular flexibility index (Phi) is 6.47. The predicted octanol–water partition coefficient (Wildman–Crippen LogP) is 11.5. The van der Waals surface area contributed by atoms with E-state index in [2.05, 4.69) is 149 Å². The van der Waals surface area contributed by atoms with Crippen LogP contribution in [0.1, 0.15) is 0 Å². The Bertz CT molecular complexity index is 2200.